The van der Waals surface area contributed by atoms with Crippen LogP contribution in [0.5, 0.6) is 0 Å². The zero-order valence-electron chi connectivity index (χ0n) is 21.1. The maximum absolute atomic E-state index is 6.92. The number of allylic oxidation sites excluding steroid dienone is 1. The molecule has 4 rings (SSSR count). The monoisotopic (exact) mass is 492 g/mol. The summed E-state index contributed by atoms with van der Waals surface area (Å²) in [7, 11) is 3.38. The van der Waals surface area contributed by atoms with Crippen LogP contribution in [0.2, 0.25) is 0 Å². The van der Waals surface area contributed by atoms with Gasteiger partial charge < -0.3 is 28.4 Å². The van der Waals surface area contributed by atoms with E-state index in [1.165, 1.54) is 0 Å². The van der Waals surface area contributed by atoms with Gasteiger partial charge in [-0.2, -0.15) is 0 Å². The molecule has 0 unspecified atom stereocenters. The van der Waals surface area contributed by atoms with Crippen LogP contribution in [0.3, 0.4) is 0 Å². The minimum atomic E-state index is -0.972. The largest absolute Gasteiger partial charge is 0.367 e. The van der Waals surface area contributed by atoms with Crippen LogP contribution >= 0.6 is 11.8 Å². The standard InChI is InChI=1S/C27H40O6S/c1-6-34-25-24(30-18-20-12-8-7-9-13-20)23-22(21(31-25)15-14-19(2)3)32-26(28-4)16-10-11-17-27(26,29-5)33-23/h7-9,12-15,19,21-25H,6,10-11,16-18H2,1-5H3/b15-14-/t21-,22-,23+,24+,25-,26+,27+/m1/s1. The molecule has 3 aliphatic rings. The van der Waals surface area contributed by atoms with Crippen molar-refractivity contribution >= 4 is 11.8 Å². The number of rotatable bonds is 9. The molecule has 1 saturated carbocycles. The third-order valence-electron chi connectivity index (χ3n) is 6.99. The molecule has 0 spiro atoms. The van der Waals surface area contributed by atoms with E-state index in [0.29, 0.717) is 25.4 Å². The molecule has 1 aromatic carbocycles. The number of hydrogen-bond donors (Lipinski definition) is 0. The second kappa shape index (κ2) is 11.4. The van der Waals surface area contributed by atoms with E-state index >= 15 is 0 Å². The maximum atomic E-state index is 6.92. The second-order valence-electron chi connectivity index (χ2n) is 9.60. The van der Waals surface area contributed by atoms with Gasteiger partial charge in [0.1, 0.15) is 29.9 Å². The lowest BCUT2D eigenvalue weighted by Crippen LogP contribution is -2.74. The van der Waals surface area contributed by atoms with E-state index in [1.54, 1.807) is 26.0 Å². The molecule has 6 nitrogen and oxygen atoms in total. The highest BCUT2D eigenvalue weighted by atomic mass is 32.2. The van der Waals surface area contributed by atoms with Crippen LogP contribution in [0.1, 0.15) is 52.0 Å². The fourth-order valence-electron chi connectivity index (χ4n) is 5.28. The first-order valence-electron chi connectivity index (χ1n) is 12.5. The Kier molecular flexibility index (Phi) is 8.78. The van der Waals surface area contributed by atoms with Gasteiger partial charge >= 0.3 is 0 Å². The summed E-state index contributed by atoms with van der Waals surface area (Å²) < 4.78 is 39.0. The summed E-state index contributed by atoms with van der Waals surface area (Å²) in [6, 6.07) is 10.2. The van der Waals surface area contributed by atoms with Crippen LogP contribution in [0, 0.1) is 5.92 Å². The molecule has 7 atom stereocenters. The molecule has 3 fully saturated rings. The molecule has 0 radical (unpaired) electrons. The van der Waals surface area contributed by atoms with E-state index in [0.717, 1.165) is 24.2 Å². The van der Waals surface area contributed by atoms with E-state index in [-0.39, 0.29) is 29.9 Å². The molecule has 2 heterocycles. The van der Waals surface area contributed by atoms with Crippen molar-refractivity contribution in [3.05, 3.63) is 48.0 Å². The molecule has 0 bridgehead atoms. The van der Waals surface area contributed by atoms with Gasteiger partial charge in [0, 0.05) is 27.1 Å². The molecule has 2 saturated heterocycles. The van der Waals surface area contributed by atoms with Gasteiger partial charge in [-0.1, -0.05) is 63.3 Å². The summed E-state index contributed by atoms with van der Waals surface area (Å²) in [5, 5.41) is 0. The molecule has 0 N–H and O–H groups in total. The van der Waals surface area contributed by atoms with Gasteiger partial charge in [-0.15, -0.1) is 11.8 Å². The average molecular weight is 493 g/mol. The van der Waals surface area contributed by atoms with Crippen LogP contribution in [0.4, 0.5) is 0 Å². The minimum absolute atomic E-state index is 0.187. The molecular formula is C27H40O6S. The highest BCUT2D eigenvalue weighted by Crippen LogP contribution is 2.52. The first-order chi connectivity index (χ1) is 16.5. The van der Waals surface area contributed by atoms with Crippen molar-refractivity contribution in [2.45, 2.75) is 94.5 Å². The Bertz CT molecular complexity index is 804. The van der Waals surface area contributed by atoms with Gasteiger partial charge in [-0.05, 0) is 30.1 Å². The Balaban J connectivity index is 1.68. The lowest BCUT2D eigenvalue weighted by molar-refractivity contribution is -0.487. The smallest absolute Gasteiger partial charge is 0.223 e. The van der Waals surface area contributed by atoms with Crippen molar-refractivity contribution in [1.29, 1.82) is 0 Å². The molecule has 1 aromatic rings. The molecule has 34 heavy (non-hydrogen) atoms. The molecular weight excluding hydrogens is 452 g/mol. The van der Waals surface area contributed by atoms with Gasteiger partial charge in [0.15, 0.2) is 0 Å². The Morgan fingerprint density at radius 3 is 2.26 bits per heavy atom. The second-order valence-corrected chi connectivity index (χ2v) is 11.0. The van der Waals surface area contributed by atoms with E-state index < -0.39 is 11.6 Å². The van der Waals surface area contributed by atoms with E-state index in [2.05, 4.69) is 45.1 Å². The number of methoxy groups -OCH3 is 2. The molecule has 2 aliphatic heterocycles. The topological polar surface area (TPSA) is 55.4 Å². The summed E-state index contributed by atoms with van der Waals surface area (Å²) in [5.41, 5.74) is 0.927. The zero-order chi connectivity index (χ0) is 24.2. The Morgan fingerprint density at radius 2 is 1.68 bits per heavy atom. The number of thioether (sulfide) groups is 1. The molecule has 1 aliphatic carbocycles. The molecule has 190 valence electrons. The predicted molar refractivity (Wildman–Crippen MR) is 133 cm³/mol. The molecule has 0 aromatic heterocycles. The first kappa shape index (κ1) is 26.1. The van der Waals surface area contributed by atoms with Crippen LogP contribution in [-0.2, 0) is 35.0 Å². The highest BCUT2D eigenvalue weighted by Gasteiger charge is 2.66. The summed E-state index contributed by atoms with van der Waals surface area (Å²) in [4.78, 5) is 0. The van der Waals surface area contributed by atoms with E-state index in [1.807, 2.05) is 18.2 Å². The van der Waals surface area contributed by atoms with Crippen LogP contribution < -0.4 is 0 Å². The fourth-order valence-corrected chi connectivity index (χ4v) is 6.24. The average Bonchev–Trinajstić information content (AvgIpc) is 2.86. The van der Waals surface area contributed by atoms with Crippen molar-refractivity contribution in [1.82, 2.24) is 0 Å². The lowest BCUT2D eigenvalue weighted by atomic mass is 9.83. The number of benzene rings is 1. The van der Waals surface area contributed by atoms with Gasteiger partial charge in [0.2, 0.25) is 11.6 Å². The Hall–Kier alpha value is -0.930. The predicted octanol–water partition coefficient (Wildman–Crippen LogP) is 5.31. The van der Waals surface area contributed by atoms with Crippen LogP contribution in [-0.4, -0.2) is 61.4 Å². The minimum Gasteiger partial charge on any atom is -0.367 e. The van der Waals surface area contributed by atoms with Crippen LogP contribution in [0.25, 0.3) is 0 Å². The van der Waals surface area contributed by atoms with Gasteiger partial charge in [0.05, 0.1) is 6.61 Å². The van der Waals surface area contributed by atoms with Crippen molar-refractivity contribution in [3.8, 4) is 0 Å². The molecule has 0 amide bonds. The highest BCUT2D eigenvalue weighted by molar-refractivity contribution is 7.99. The Labute approximate surface area is 208 Å². The van der Waals surface area contributed by atoms with Crippen LogP contribution in [0.15, 0.2) is 42.5 Å². The fraction of sp³-hybridized carbons (Fsp3) is 0.704. The summed E-state index contributed by atoms with van der Waals surface area (Å²) in [6.45, 7) is 6.93. The summed E-state index contributed by atoms with van der Waals surface area (Å²) >= 11 is 1.74. The third kappa shape index (κ3) is 5.12. The lowest BCUT2D eigenvalue weighted by Gasteiger charge is -2.60. The van der Waals surface area contributed by atoms with Gasteiger partial charge in [0.25, 0.3) is 0 Å². The van der Waals surface area contributed by atoms with Crippen molar-refractivity contribution in [3.63, 3.8) is 0 Å². The quantitative estimate of drug-likeness (QED) is 0.433. The third-order valence-corrected chi connectivity index (χ3v) is 8.03. The summed E-state index contributed by atoms with van der Waals surface area (Å²) in [6.07, 6.45) is 6.39. The van der Waals surface area contributed by atoms with Crippen molar-refractivity contribution in [2.24, 2.45) is 5.92 Å². The SMILES string of the molecule is CCS[C@H]1O[C@H](/C=C\C(C)C)[C@H]2O[C@@]3(OC)CCCC[C@]3(OC)O[C@@H]2[C@@H]1OCc1ccccc1. The van der Waals surface area contributed by atoms with Crippen molar-refractivity contribution < 1.29 is 28.4 Å². The Morgan fingerprint density at radius 1 is 1.03 bits per heavy atom. The number of hydrogen-bond acceptors (Lipinski definition) is 7. The molecule has 7 heteroatoms. The first-order valence-corrected chi connectivity index (χ1v) is 13.6. The van der Waals surface area contributed by atoms with E-state index in [4.69, 9.17) is 28.4 Å². The van der Waals surface area contributed by atoms with Gasteiger partial charge in [-0.25, -0.2) is 0 Å². The van der Waals surface area contributed by atoms with E-state index in [9.17, 15) is 0 Å². The maximum Gasteiger partial charge on any atom is 0.223 e. The van der Waals surface area contributed by atoms with Crippen molar-refractivity contribution in [2.75, 3.05) is 20.0 Å². The summed E-state index contributed by atoms with van der Waals surface area (Å²) in [5.74, 6) is -0.629. The van der Waals surface area contributed by atoms with Gasteiger partial charge in [-0.3, -0.25) is 0 Å². The normalized spacial score (nSPS) is 38.1. The number of fused-ring (bicyclic) bond motifs is 2. The number of ether oxygens (including phenoxy) is 6. The zero-order valence-corrected chi connectivity index (χ0v) is 21.9.